The Labute approximate surface area is 134 Å². The van der Waals surface area contributed by atoms with Crippen LogP contribution in [-0.2, 0) is 9.84 Å². The first kappa shape index (κ1) is 16.7. The molecule has 0 heterocycles. The van der Waals surface area contributed by atoms with Crippen molar-refractivity contribution >= 4 is 31.5 Å². The van der Waals surface area contributed by atoms with Gasteiger partial charge in [0.15, 0.2) is 0 Å². The van der Waals surface area contributed by atoms with Crippen molar-refractivity contribution in [1.82, 2.24) is 5.43 Å². The van der Waals surface area contributed by atoms with E-state index in [1.165, 1.54) is 6.26 Å². The highest BCUT2D eigenvalue weighted by atomic mass is 79.9. The summed E-state index contributed by atoms with van der Waals surface area (Å²) in [7, 11) is -3.01. The van der Waals surface area contributed by atoms with Gasteiger partial charge in [-0.15, -0.1) is 0 Å². The normalized spacial score (nSPS) is 24.7. The van der Waals surface area contributed by atoms with Crippen molar-refractivity contribution < 1.29 is 8.42 Å². The summed E-state index contributed by atoms with van der Waals surface area (Å²) in [5, 5.41) is -0.277. The maximum absolute atomic E-state index is 11.8. The lowest BCUT2D eigenvalue weighted by Gasteiger charge is -2.34. The Morgan fingerprint density at radius 2 is 2.10 bits per heavy atom. The van der Waals surface area contributed by atoms with E-state index in [1.807, 2.05) is 18.2 Å². The number of sulfone groups is 1. The number of benzene rings is 1. The zero-order valence-electron chi connectivity index (χ0n) is 12.0. The molecule has 3 atom stereocenters. The average Bonchev–Trinajstić information content (AvgIpc) is 2.43. The van der Waals surface area contributed by atoms with Gasteiger partial charge in [0.1, 0.15) is 9.84 Å². The van der Waals surface area contributed by atoms with Gasteiger partial charge in [-0.25, -0.2) is 8.42 Å². The number of hydrogen-bond donors (Lipinski definition) is 3. The fourth-order valence-electron chi connectivity index (χ4n) is 3.17. The van der Waals surface area contributed by atoms with Crippen molar-refractivity contribution in [3.05, 3.63) is 28.2 Å². The molecular formula is C14H22BrN3O2S. The molecule has 1 aromatic carbocycles. The second-order valence-electron chi connectivity index (χ2n) is 5.80. The lowest BCUT2D eigenvalue weighted by Crippen LogP contribution is -2.38. The quantitative estimate of drug-likeness (QED) is 0.425. The van der Waals surface area contributed by atoms with E-state index in [0.29, 0.717) is 12.1 Å². The highest BCUT2D eigenvalue weighted by Gasteiger charge is 2.34. The van der Waals surface area contributed by atoms with Crippen LogP contribution in [0.4, 0.5) is 5.69 Å². The third-order valence-corrected chi connectivity index (χ3v) is 6.44. The molecule has 0 radical (unpaired) electrons. The molecule has 3 unspecified atom stereocenters. The van der Waals surface area contributed by atoms with Crippen LogP contribution >= 0.6 is 15.9 Å². The molecule has 5 nitrogen and oxygen atoms in total. The first-order chi connectivity index (χ1) is 9.82. The molecule has 118 valence electrons. The standard InChI is InChI=1S/C14H22BrN3O2S/c1-21(19,20)11-4-2-3-9(7-11)14(18-17)12-8-10(15)5-6-13(12)16/h5-6,8-9,11,14,18H,2-4,7,16-17H2,1H3. The van der Waals surface area contributed by atoms with Gasteiger partial charge in [0.2, 0.25) is 0 Å². The van der Waals surface area contributed by atoms with E-state index in [2.05, 4.69) is 21.4 Å². The molecular weight excluding hydrogens is 354 g/mol. The fourth-order valence-corrected chi connectivity index (χ4v) is 4.74. The van der Waals surface area contributed by atoms with Crippen molar-refractivity contribution in [2.45, 2.75) is 37.0 Å². The zero-order valence-corrected chi connectivity index (χ0v) is 14.5. The molecule has 0 aromatic heterocycles. The molecule has 1 fully saturated rings. The van der Waals surface area contributed by atoms with E-state index in [0.717, 1.165) is 29.3 Å². The second-order valence-corrected chi connectivity index (χ2v) is 9.04. The predicted octanol–water partition coefficient (Wildman–Crippen LogP) is 2.14. The minimum absolute atomic E-state index is 0.132. The third-order valence-electron chi connectivity index (χ3n) is 4.31. The number of anilines is 1. The summed E-state index contributed by atoms with van der Waals surface area (Å²) in [6, 6.07) is 5.53. The van der Waals surface area contributed by atoms with Crippen molar-refractivity contribution in [3.8, 4) is 0 Å². The molecule has 0 aliphatic heterocycles. The Bertz CT molecular complexity index is 606. The molecule has 2 rings (SSSR count). The number of hydrazine groups is 1. The molecule has 0 bridgehead atoms. The maximum Gasteiger partial charge on any atom is 0.150 e. The van der Waals surface area contributed by atoms with Crippen molar-refractivity contribution in [3.63, 3.8) is 0 Å². The fraction of sp³-hybridized carbons (Fsp3) is 0.571. The Morgan fingerprint density at radius 1 is 1.38 bits per heavy atom. The molecule has 7 heteroatoms. The number of hydrogen-bond acceptors (Lipinski definition) is 5. The first-order valence-corrected chi connectivity index (χ1v) is 9.77. The van der Waals surface area contributed by atoms with Crippen LogP contribution in [0.2, 0.25) is 0 Å². The average molecular weight is 376 g/mol. The van der Waals surface area contributed by atoms with Gasteiger partial charge < -0.3 is 5.73 Å². The van der Waals surface area contributed by atoms with Gasteiger partial charge in [-0.3, -0.25) is 11.3 Å². The van der Waals surface area contributed by atoms with Crippen LogP contribution in [0.25, 0.3) is 0 Å². The molecule has 21 heavy (non-hydrogen) atoms. The lowest BCUT2D eigenvalue weighted by molar-refractivity contribution is 0.275. The minimum atomic E-state index is -3.01. The van der Waals surface area contributed by atoms with Crippen molar-refractivity contribution in [2.24, 2.45) is 11.8 Å². The Hall–Kier alpha value is -0.630. The number of nitrogens with one attached hydrogen (secondary N) is 1. The molecule has 0 saturated heterocycles. The highest BCUT2D eigenvalue weighted by Crippen LogP contribution is 2.38. The summed E-state index contributed by atoms with van der Waals surface area (Å²) >= 11 is 3.44. The highest BCUT2D eigenvalue weighted by molar-refractivity contribution is 9.10. The van der Waals surface area contributed by atoms with Gasteiger partial charge in [0.05, 0.1) is 11.3 Å². The topological polar surface area (TPSA) is 98.2 Å². The summed E-state index contributed by atoms with van der Waals surface area (Å²) in [5.41, 5.74) is 10.5. The van der Waals surface area contributed by atoms with Gasteiger partial charge in [0.25, 0.3) is 0 Å². The van der Waals surface area contributed by atoms with Gasteiger partial charge in [-0.1, -0.05) is 22.4 Å². The predicted molar refractivity (Wildman–Crippen MR) is 89.2 cm³/mol. The van der Waals surface area contributed by atoms with Crippen LogP contribution in [0.3, 0.4) is 0 Å². The Balaban J connectivity index is 2.27. The van der Waals surface area contributed by atoms with Gasteiger partial charge in [0, 0.05) is 16.4 Å². The van der Waals surface area contributed by atoms with Crippen LogP contribution in [0.15, 0.2) is 22.7 Å². The molecule has 1 aliphatic carbocycles. The van der Waals surface area contributed by atoms with Crippen LogP contribution < -0.4 is 17.0 Å². The van der Waals surface area contributed by atoms with E-state index in [4.69, 9.17) is 11.6 Å². The van der Waals surface area contributed by atoms with Gasteiger partial charge >= 0.3 is 0 Å². The Morgan fingerprint density at radius 3 is 2.71 bits per heavy atom. The van der Waals surface area contributed by atoms with E-state index in [9.17, 15) is 8.42 Å². The summed E-state index contributed by atoms with van der Waals surface area (Å²) in [5.74, 6) is 5.91. The number of nitrogen functional groups attached to an aromatic ring is 1. The molecule has 1 aromatic rings. The van der Waals surface area contributed by atoms with E-state index < -0.39 is 9.84 Å². The Kier molecular flexibility index (Phi) is 5.29. The SMILES string of the molecule is CS(=O)(=O)C1CCCC(C(NN)c2cc(Br)ccc2N)C1. The lowest BCUT2D eigenvalue weighted by atomic mass is 9.80. The summed E-state index contributed by atoms with van der Waals surface area (Å²) in [6.07, 6.45) is 4.53. The van der Waals surface area contributed by atoms with Crippen molar-refractivity contribution in [1.29, 1.82) is 0 Å². The second kappa shape index (κ2) is 6.64. The van der Waals surface area contributed by atoms with Crippen LogP contribution in [0.5, 0.6) is 0 Å². The molecule has 1 saturated carbocycles. The molecule has 5 N–H and O–H groups in total. The van der Waals surface area contributed by atoms with Crippen LogP contribution in [0, 0.1) is 5.92 Å². The molecule has 0 spiro atoms. The van der Waals surface area contributed by atoms with Crippen molar-refractivity contribution in [2.75, 3.05) is 12.0 Å². The summed E-state index contributed by atoms with van der Waals surface area (Å²) < 4.78 is 24.6. The molecule has 0 amide bonds. The third kappa shape index (κ3) is 3.97. The van der Waals surface area contributed by atoms with E-state index in [-0.39, 0.29) is 17.2 Å². The largest absolute Gasteiger partial charge is 0.398 e. The smallest absolute Gasteiger partial charge is 0.150 e. The van der Waals surface area contributed by atoms with E-state index >= 15 is 0 Å². The maximum atomic E-state index is 11.8. The number of halogens is 1. The van der Waals surface area contributed by atoms with Gasteiger partial charge in [-0.05, 0) is 48.9 Å². The summed E-state index contributed by atoms with van der Waals surface area (Å²) in [4.78, 5) is 0. The minimum Gasteiger partial charge on any atom is -0.398 e. The van der Waals surface area contributed by atoms with Crippen LogP contribution in [0.1, 0.15) is 37.3 Å². The number of nitrogens with two attached hydrogens (primary N) is 2. The monoisotopic (exact) mass is 375 g/mol. The first-order valence-electron chi connectivity index (χ1n) is 7.03. The van der Waals surface area contributed by atoms with Gasteiger partial charge in [-0.2, -0.15) is 0 Å². The zero-order chi connectivity index (χ0) is 15.6. The molecule has 1 aliphatic rings. The summed E-state index contributed by atoms with van der Waals surface area (Å²) in [6.45, 7) is 0. The van der Waals surface area contributed by atoms with Crippen LogP contribution in [-0.4, -0.2) is 19.9 Å². The number of rotatable bonds is 4. The van der Waals surface area contributed by atoms with E-state index in [1.54, 1.807) is 0 Å².